The van der Waals surface area contributed by atoms with Gasteiger partial charge in [-0.15, -0.1) is 0 Å². The summed E-state index contributed by atoms with van der Waals surface area (Å²) in [6.07, 6.45) is 2.65. The average molecular weight is 427 g/mol. The van der Waals surface area contributed by atoms with Crippen molar-refractivity contribution < 1.29 is 14.5 Å². The van der Waals surface area contributed by atoms with E-state index < -0.39 is 17.0 Å². The molecule has 0 saturated carbocycles. The van der Waals surface area contributed by atoms with E-state index in [1.54, 1.807) is 0 Å². The summed E-state index contributed by atoms with van der Waals surface area (Å²) >= 11 is 0. The summed E-state index contributed by atoms with van der Waals surface area (Å²) in [6.45, 7) is 1.93. The summed E-state index contributed by atoms with van der Waals surface area (Å²) < 4.78 is 5.10. The fraction of sp³-hybridized carbons (Fsp3) is 0.600. The van der Waals surface area contributed by atoms with Crippen LogP contribution in [0, 0.1) is 38.7 Å². The van der Waals surface area contributed by atoms with E-state index in [1.807, 2.05) is 4.90 Å². The number of carbonyl (C=O) groups is 1. The van der Waals surface area contributed by atoms with Gasteiger partial charge in [0.1, 0.15) is 12.1 Å². The molecule has 0 unspecified atom stereocenters. The van der Waals surface area contributed by atoms with Crippen molar-refractivity contribution >= 4 is 17.4 Å². The molecule has 164 valence electrons. The number of rotatable bonds is 7. The van der Waals surface area contributed by atoms with E-state index in [9.17, 15) is 25.4 Å². The Labute approximate surface area is 180 Å². The van der Waals surface area contributed by atoms with Gasteiger partial charge < -0.3 is 19.9 Å². The quantitative estimate of drug-likeness (QED) is 0.500. The highest BCUT2D eigenvalue weighted by atomic mass is 16.6. The molecule has 2 aliphatic heterocycles. The minimum atomic E-state index is -0.534. The molecule has 2 fully saturated rings. The van der Waals surface area contributed by atoms with Crippen molar-refractivity contribution in [3.05, 3.63) is 22.2 Å². The molecule has 2 atom stereocenters. The molecule has 11 heteroatoms. The van der Waals surface area contributed by atoms with Crippen molar-refractivity contribution in [3.63, 3.8) is 0 Å². The number of nitro groups is 1. The van der Waals surface area contributed by atoms with E-state index in [2.05, 4.69) is 22.4 Å². The highest BCUT2D eigenvalue weighted by Crippen LogP contribution is 2.31. The van der Waals surface area contributed by atoms with Crippen LogP contribution in [0.4, 0.5) is 11.5 Å². The Morgan fingerprint density at radius 2 is 1.90 bits per heavy atom. The normalized spacial score (nSPS) is 21.4. The Hall–Kier alpha value is -3.44. The zero-order valence-corrected chi connectivity index (χ0v) is 17.4. The minimum Gasteiger partial charge on any atom is -0.481 e. The van der Waals surface area contributed by atoms with Crippen LogP contribution in [0.2, 0.25) is 0 Å². The number of pyridine rings is 1. The first-order valence-electron chi connectivity index (χ1n) is 10.2. The lowest BCUT2D eigenvalue weighted by Crippen LogP contribution is -2.46. The maximum Gasteiger partial charge on any atom is 0.311 e. The Morgan fingerprint density at radius 1 is 1.26 bits per heavy atom. The van der Waals surface area contributed by atoms with Crippen molar-refractivity contribution in [1.82, 2.24) is 15.2 Å². The number of nitriles is 2. The molecule has 0 aliphatic carbocycles. The summed E-state index contributed by atoms with van der Waals surface area (Å²) in [6, 6.07) is 6.01. The predicted octanol–water partition coefficient (Wildman–Crippen LogP) is 1.21. The molecule has 31 heavy (non-hydrogen) atoms. The SMILES string of the molecule is COc1ccc([N+](=O)[O-])c(N2CCC(CNCC(=O)N3[C@H](C#N)CC[C@@H]3C#N)CC2)n1. The minimum absolute atomic E-state index is 0.0484. The summed E-state index contributed by atoms with van der Waals surface area (Å²) in [7, 11) is 1.47. The van der Waals surface area contributed by atoms with Crippen LogP contribution in [0.1, 0.15) is 25.7 Å². The number of carbonyl (C=O) groups excluding carboxylic acids is 1. The highest BCUT2D eigenvalue weighted by molar-refractivity contribution is 5.80. The fourth-order valence-electron chi connectivity index (χ4n) is 4.15. The van der Waals surface area contributed by atoms with Crippen LogP contribution in [0.3, 0.4) is 0 Å². The lowest BCUT2D eigenvalue weighted by atomic mass is 9.96. The number of methoxy groups -OCH3 is 1. The van der Waals surface area contributed by atoms with E-state index in [1.165, 1.54) is 24.1 Å². The monoisotopic (exact) mass is 427 g/mol. The average Bonchev–Trinajstić information content (AvgIpc) is 3.22. The first-order chi connectivity index (χ1) is 15.0. The Morgan fingerprint density at radius 3 is 2.45 bits per heavy atom. The second-order valence-electron chi connectivity index (χ2n) is 7.68. The molecule has 11 nitrogen and oxygen atoms in total. The maximum absolute atomic E-state index is 12.5. The third-order valence-corrected chi connectivity index (χ3v) is 5.83. The predicted molar refractivity (Wildman–Crippen MR) is 110 cm³/mol. The number of anilines is 1. The maximum atomic E-state index is 12.5. The second-order valence-corrected chi connectivity index (χ2v) is 7.68. The molecule has 1 aromatic rings. The van der Waals surface area contributed by atoms with Gasteiger partial charge in [-0.3, -0.25) is 14.9 Å². The number of hydrogen-bond acceptors (Lipinski definition) is 9. The largest absolute Gasteiger partial charge is 0.481 e. The number of piperidine rings is 1. The second kappa shape index (κ2) is 10.0. The van der Waals surface area contributed by atoms with E-state index in [0.29, 0.717) is 50.1 Å². The van der Waals surface area contributed by atoms with E-state index >= 15 is 0 Å². The molecular formula is C20H25N7O4. The third kappa shape index (κ3) is 5.01. The number of nitrogens with one attached hydrogen (secondary N) is 1. The van der Waals surface area contributed by atoms with Gasteiger partial charge in [0, 0.05) is 25.2 Å². The molecule has 2 aliphatic rings. The molecule has 0 radical (unpaired) electrons. The summed E-state index contributed by atoms with van der Waals surface area (Å²) in [4.78, 5) is 30.9. The molecule has 1 N–H and O–H groups in total. The van der Waals surface area contributed by atoms with Gasteiger partial charge in [0.15, 0.2) is 0 Å². The summed E-state index contributed by atoms with van der Waals surface area (Å²) in [5.41, 5.74) is -0.0484. The van der Waals surface area contributed by atoms with Gasteiger partial charge in [-0.05, 0) is 38.1 Å². The van der Waals surface area contributed by atoms with Gasteiger partial charge in [0.05, 0.1) is 30.7 Å². The molecule has 0 spiro atoms. The van der Waals surface area contributed by atoms with Crippen molar-refractivity contribution in [3.8, 4) is 18.0 Å². The lowest BCUT2D eigenvalue weighted by Gasteiger charge is -2.32. The van der Waals surface area contributed by atoms with Crippen molar-refractivity contribution in [1.29, 1.82) is 10.5 Å². The number of aromatic nitrogens is 1. The van der Waals surface area contributed by atoms with E-state index in [0.717, 1.165) is 12.8 Å². The van der Waals surface area contributed by atoms with E-state index in [4.69, 9.17) is 4.74 Å². The van der Waals surface area contributed by atoms with Crippen molar-refractivity contribution in [2.45, 2.75) is 37.8 Å². The zero-order valence-electron chi connectivity index (χ0n) is 17.4. The van der Waals surface area contributed by atoms with Gasteiger partial charge in [0.2, 0.25) is 17.6 Å². The molecule has 3 heterocycles. The first-order valence-corrected chi connectivity index (χ1v) is 10.2. The highest BCUT2D eigenvalue weighted by Gasteiger charge is 2.36. The van der Waals surface area contributed by atoms with Gasteiger partial charge in [-0.25, -0.2) is 0 Å². The lowest BCUT2D eigenvalue weighted by molar-refractivity contribution is -0.384. The van der Waals surface area contributed by atoms with E-state index in [-0.39, 0.29) is 18.1 Å². The Kier molecular flexibility index (Phi) is 7.21. The Bertz CT molecular complexity index is 880. The van der Waals surface area contributed by atoms with Crippen molar-refractivity contribution in [2.24, 2.45) is 5.92 Å². The van der Waals surface area contributed by atoms with Gasteiger partial charge in [-0.2, -0.15) is 15.5 Å². The zero-order chi connectivity index (χ0) is 22.4. The van der Waals surface area contributed by atoms with Crippen LogP contribution in [0.15, 0.2) is 12.1 Å². The van der Waals surface area contributed by atoms with Crippen LogP contribution >= 0.6 is 0 Å². The summed E-state index contributed by atoms with van der Waals surface area (Å²) in [5.74, 6) is 0.719. The smallest absolute Gasteiger partial charge is 0.311 e. The molecular weight excluding hydrogens is 402 g/mol. The Balaban J connectivity index is 1.50. The number of likely N-dealkylation sites (tertiary alicyclic amines) is 1. The van der Waals surface area contributed by atoms with Crippen LogP contribution in [0.5, 0.6) is 5.88 Å². The topological polar surface area (TPSA) is 148 Å². The van der Waals surface area contributed by atoms with Gasteiger partial charge >= 0.3 is 5.69 Å². The van der Waals surface area contributed by atoms with Crippen LogP contribution in [-0.4, -0.2) is 66.1 Å². The van der Waals surface area contributed by atoms with Gasteiger partial charge in [-0.1, -0.05) is 0 Å². The van der Waals surface area contributed by atoms with Crippen LogP contribution in [0.25, 0.3) is 0 Å². The van der Waals surface area contributed by atoms with Crippen molar-refractivity contribution in [2.75, 3.05) is 38.2 Å². The molecule has 3 rings (SSSR count). The third-order valence-electron chi connectivity index (χ3n) is 5.83. The number of nitrogens with zero attached hydrogens (tertiary/aromatic N) is 6. The summed E-state index contributed by atoms with van der Waals surface area (Å²) in [5, 5.41) is 32.9. The molecule has 1 aromatic heterocycles. The molecule has 1 amide bonds. The van der Waals surface area contributed by atoms with Gasteiger partial charge in [0.25, 0.3) is 0 Å². The number of ether oxygens (including phenoxy) is 1. The molecule has 0 aromatic carbocycles. The number of amides is 1. The first kappa shape index (κ1) is 22.2. The van der Waals surface area contributed by atoms with Crippen LogP contribution in [-0.2, 0) is 4.79 Å². The fourth-order valence-corrected chi connectivity index (χ4v) is 4.15. The number of hydrogen-bond donors (Lipinski definition) is 1. The molecule has 2 saturated heterocycles. The van der Waals surface area contributed by atoms with Crippen LogP contribution < -0.4 is 15.0 Å². The molecule has 0 bridgehead atoms. The standard InChI is InChI=1S/C20H25N7O4/c1-31-18-5-4-17(27(29)30)20(24-18)25-8-6-14(7-9-25)12-23-13-19(28)26-15(10-21)2-3-16(26)11-22/h4-5,14-16,23H,2-3,6-9,12-13H2,1H3/t15-,16+.